The number of benzene rings is 2. The maximum atomic E-state index is 13.1. The number of aryl methyl sites for hydroxylation is 1. The monoisotopic (exact) mass is 372 g/mol. The number of rotatable bonds is 6. The van der Waals surface area contributed by atoms with Gasteiger partial charge in [0.2, 0.25) is 26.6 Å². The fourth-order valence-corrected chi connectivity index (χ4v) is 3.67. The summed E-state index contributed by atoms with van der Waals surface area (Å²) in [7, 11) is -3.98. The summed E-state index contributed by atoms with van der Waals surface area (Å²) >= 11 is 0. The van der Waals surface area contributed by atoms with Crippen LogP contribution in [-0.4, -0.2) is 19.9 Å². The second-order valence-electron chi connectivity index (χ2n) is 5.65. The molecule has 0 fully saturated rings. The zero-order chi connectivity index (χ0) is 18.7. The number of anilines is 1. The molecule has 0 radical (unpaired) electrons. The van der Waals surface area contributed by atoms with Crippen LogP contribution in [0.15, 0.2) is 75.5 Å². The molecule has 5 nitrogen and oxygen atoms in total. The van der Waals surface area contributed by atoms with Gasteiger partial charge in [-0.25, -0.2) is 12.8 Å². The molecule has 3 rings (SSSR count). The standard InChI is InChI=1S/C19H17FN2O3S/c1-3-11-21-18-19(26(23,24)16-9-7-15(20)8-10-16)22-17(25-18)14-6-4-5-13(2)12-14/h3-10,12,21H,1,11H2,2H3. The third-order valence-corrected chi connectivity index (χ3v) is 5.33. The van der Waals surface area contributed by atoms with E-state index in [1.165, 1.54) is 12.1 Å². The Bertz CT molecular complexity index is 1040. The van der Waals surface area contributed by atoms with Crippen molar-refractivity contribution in [2.24, 2.45) is 0 Å². The maximum Gasteiger partial charge on any atom is 0.234 e. The van der Waals surface area contributed by atoms with Crippen LogP contribution in [0.5, 0.6) is 0 Å². The molecular formula is C19H17FN2O3S. The third-order valence-electron chi connectivity index (χ3n) is 3.65. The van der Waals surface area contributed by atoms with Crippen LogP contribution in [0.1, 0.15) is 5.56 Å². The smallest absolute Gasteiger partial charge is 0.234 e. The lowest BCUT2D eigenvalue weighted by Gasteiger charge is -2.04. The molecule has 134 valence electrons. The van der Waals surface area contributed by atoms with Gasteiger partial charge < -0.3 is 9.73 Å². The summed E-state index contributed by atoms with van der Waals surface area (Å²) in [4.78, 5) is 4.13. The van der Waals surface area contributed by atoms with Crippen molar-refractivity contribution in [3.05, 3.63) is 72.6 Å². The molecule has 0 bridgehead atoms. The van der Waals surface area contributed by atoms with E-state index in [4.69, 9.17) is 4.42 Å². The molecule has 0 aliphatic heterocycles. The van der Waals surface area contributed by atoms with Crippen LogP contribution < -0.4 is 5.32 Å². The predicted molar refractivity (Wildman–Crippen MR) is 97.2 cm³/mol. The quantitative estimate of drug-likeness (QED) is 0.518. The first-order chi connectivity index (χ1) is 12.4. The Kier molecular flexibility index (Phi) is 4.90. The van der Waals surface area contributed by atoms with E-state index in [0.29, 0.717) is 12.1 Å². The van der Waals surface area contributed by atoms with Crippen molar-refractivity contribution in [2.45, 2.75) is 16.8 Å². The van der Waals surface area contributed by atoms with Gasteiger partial charge in [0.05, 0.1) is 4.90 Å². The summed E-state index contributed by atoms with van der Waals surface area (Å²) in [6.07, 6.45) is 1.57. The number of nitrogens with one attached hydrogen (secondary N) is 1. The minimum Gasteiger partial charge on any atom is -0.419 e. The van der Waals surface area contributed by atoms with Crippen LogP contribution in [0.25, 0.3) is 11.5 Å². The van der Waals surface area contributed by atoms with Crippen molar-refractivity contribution in [3.8, 4) is 11.5 Å². The van der Waals surface area contributed by atoms with Gasteiger partial charge >= 0.3 is 0 Å². The first-order valence-corrected chi connectivity index (χ1v) is 9.33. The van der Waals surface area contributed by atoms with Gasteiger partial charge in [-0.05, 0) is 43.3 Å². The Morgan fingerprint density at radius 1 is 1.23 bits per heavy atom. The van der Waals surface area contributed by atoms with Gasteiger partial charge in [-0.3, -0.25) is 0 Å². The van der Waals surface area contributed by atoms with Crippen molar-refractivity contribution in [1.82, 2.24) is 4.98 Å². The molecular weight excluding hydrogens is 355 g/mol. The normalized spacial score (nSPS) is 11.3. The molecule has 0 amide bonds. The zero-order valence-corrected chi connectivity index (χ0v) is 14.9. The highest BCUT2D eigenvalue weighted by Gasteiger charge is 2.28. The first-order valence-electron chi connectivity index (χ1n) is 7.85. The number of aromatic nitrogens is 1. The number of hydrogen-bond acceptors (Lipinski definition) is 5. The van der Waals surface area contributed by atoms with Gasteiger partial charge in [-0.2, -0.15) is 4.98 Å². The molecule has 1 heterocycles. The molecule has 2 aromatic carbocycles. The van der Waals surface area contributed by atoms with Crippen molar-refractivity contribution in [3.63, 3.8) is 0 Å². The SMILES string of the molecule is C=CCNc1oc(-c2cccc(C)c2)nc1S(=O)(=O)c1ccc(F)cc1. The average Bonchev–Trinajstić information content (AvgIpc) is 3.05. The third kappa shape index (κ3) is 3.52. The van der Waals surface area contributed by atoms with Crippen LogP contribution in [0.3, 0.4) is 0 Å². The Balaban J connectivity index is 2.12. The summed E-state index contributed by atoms with van der Waals surface area (Å²) in [5, 5.41) is 2.61. The van der Waals surface area contributed by atoms with E-state index in [0.717, 1.165) is 17.7 Å². The van der Waals surface area contributed by atoms with E-state index in [1.54, 1.807) is 12.1 Å². The predicted octanol–water partition coefficient (Wildman–Crippen LogP) is 4.22. The van der Waals surface area contributed by atoms with Gasteiger partial charge in [0.1, 0.15) is 5.82 Å². The lowest BCUT2D eigenvalue weighted by molar-refractivity contribution is 0.578. The van der Waals surface area contributed by atoms with Gasteiger partial charge in [0.25, 0.3) is 0 Å². The van der Waals surface area contributed by atoms with E-state index >= 15 is 0 Å². The summed E-state index contributed by atoms with van der Waals surface area (Å²) in [5.41, 5.74) is 1.65. The molecule has 0 saturated heterocycles. The van der Waals surface area contributed by atoms with Crippen LogP contribution in [-0.2, 0) is 9.84 Å². The highest BCUT2D eigenvalue weighted by molar-refractivity contribution is 7.91. The first kappa shape index (κ1) is 17.9. The Labute approximate surface area is 151 Å². The number of sulfone groups is 1. The van der Waals surface area contributed by atoms with E-state index in [2.05, 4.69) is 16.9 Å². The minimum absolute atomic E-state index is 0.0192. The number of nitrogens with zero attached hydrogens (tertiary/aromatic N) is 1. The van der Waals surface area contributed by atoms with E-state index in [-0.39, 0.29) is 21.7 Å². The lowest BCUT2D eigenvalue weighted by atomic mass is 10.1. The van der Waals surface area contributed by atoms with Crippen molar-refractivity contribution in [1.29, 1.82) is 0 Å². The van der Waals surface area contributed by atoms with Crippen LogP contribution in [0.4, 0.5) is 10.3 Å². The molecule has 26 heavy (non-hydrogen) atoms. The van der Waals surface area contributed by atoms with E-state index in [1.807, 2.05) is 25.1 Å². The fraction of sp³-hybridized carbons (Fsp3) is 0.105. The Morgan fingerprint density at radius 2 is 1.96 bits per heavy atom. The van der Waals surface area contributed by atoms with Crippen LogP contribution in [0, 0.1) is 12.7 Å². The lowest BCUT2D eigenvalue weighted by Crippen LogP contribution is -2.07. The zero-order valence-electron chi connectivity index (χ0n) is 14.1. The molecule has 0 spiro atoms. The van der Waals surface area contributed by atoms with Crippen molar-refractivity contribution in [2.75, 3.05) is 11.9 Å². The topological polar surface area (TPSA) is 72.2 Å². The molecule has 0 aliphatic carbocycles. The second kappa shape index (κ2) is 7.13. The maximum absolute atomic E-state index is 13.1. The van der Waals surface area contributed by atoms with Crippen molar-refractivity contribution < 1.29 is 17.2 Å². The van der Waals surface area contributed by atoms with Crippen molar-refractivity contribution >= 4 is 15.7 Å². The summed E-state index contributed by atoms with van der Waals surface area (Å²) in [5.74, 6) is -0.318. The van der Waals surface area contributed by atoms with Gasteiger partial charge in [0, 0.05) is 12.1 Å². The molecule has 0 aliphatic rings. The Morgan fingerprint density at radius 3 is 2.62 bits per heavy atom. The molecule has 0 unspecified atom stereocenters. The van der Waals surface area contributed by atoms with E-state index < -0.39 is 15.7 Å². The summed E-state index contributed by atoms with van der Waals surface area (Å²) in [6.45, 7) is 5.81. The summed E-state index contributed by atoms with van der Waals surface area (Å²) in [6, 6.07) is 11.9. The van der Waals surface area contributed by atoms with Gasteiger partial charge in [0.15, 0.2) is 0 Å². The number of oxazole rings is 1. The molecule has 0 saturated carbocycles. The van der Waals surface area contributed by atoms with Crippen LogP contribution in [0.2, 0.25) is 0 Å². The van der Waals surface area contributed by atoms with E-state index in [9.17, 15) is 12.8 Å². The average molecular weight is 372 g/mol. The molecule has 3 aromatic rings. The largest absolute Gasteiger partial charge is 0.419 e. The molecule has 1 N–H and O–H groups in total. The number of hydrogen-bond donors (Lipinski definition) is 1. The Hall–Kier alpha value is -2.93. The molecule has 7 heteroatoms. The summed E-state index contributed by atoms with van der Waals surface area (Å²) < 4.78 is 44.7. The van der Waals surface area contributed by atoms with Gasteiger partial charge in [-0.15, -0.1) is 6.58 Å². The second-order valence-corrected chi connectivity index (χ2v) is 7.51. The fourth-order valence-electron chi connectivity index (χ4n) is 2.39. The number of halogens is 1. The molecule has 0 atom stereocenters. The van der Waals surface area contributed by atoms with Crippen LogP contribution >= 0.6 is 0 Å². The highest BCUT2D eigenvalue weighted by atomic mass is 32.2. The molecule has 1 aromatic heterocycles. The van der Waals surface area contributed by atoms with Gasteiger partial charge in [-0.1, -0.05) is 23.8 Å². The highest BCUT2D eigenvalue weighted by Crippen LogP contribution is 2.32. The minimum atomic E-state index is -3.98.